The minimum atomic E-state index is -0.225. The molecule has 3 rings (SSSR count). The smallest absolute Gasteiger partial charge is 0.275 e. The molecule has 0 radical (unpaired) electrons. The van der Waals surface area contributed by atoms with Crippen molar-refractivity contribution in [3.63, 3.8) is 0 Å². The Morgan fingerprint density at radius 3 is 2.57 bits per heavy atom. The molecule has 146 valence electrons. The molecule has 3 aromatic rings. The summed E-state index contributed by atoms with van der Waals surface area (Å²) in [6.07, 6.45) is 1.50. The Morgan fingerprint density at radius 2 is 1.89 bits per heavy atom. The predicted octanol–water partition coefficient (Wildman–Crippen LogP) is 3.46. The van der Waals surface area contributed by atoms with Crippen molar-refractivity contribution in [2.75, 3.05) is 13.1 Å². The summed E-state index contributed by atoms with van der Waals surface area (Å²) in [6, 6.07) is 19.5. The lowest BCUT2D eigenvalue weighted by Gasteiger charge is -2.15. The lowest BCUT2D eigenvalue weighted by molar-refractivity contribution is -0.676. The standard InChI is InChI=1S/C23H25FN2OS/c1-2-17-9-11-19(12-10-17)23(21-8-5-15-28-21)26-16-22(27)25-14-13-18-6-3-4-7-20(18)24/h3-12,15,23,26H,2,13-14,16H2,1H3,(H,25,27)/p+1/t23-/m0/s1. The highest BCUT2D eigenvalue weighted by Gasteiger charge is 2.20. The first kappa shape index (κ1) is 20.2. The van der Waals surface area contributed by atoms with Gasteiger partial charge in [-0.15, -0.1) is 11.3 Å². The van der Waals surface area contributed by atoms with E-state index in [1.54, 1.807) is 23.5 Å². The number of quaternary nitrogens is 1. The van der Waals surface area contributed by atoms with Gasteiger partial charge >= 0.3 is 0 Å². The van der Waals surface area contributed by atoms with Crippen molar-refractivity contribution < 1.29 is 14.5 Å². The molecule has 0 unspecified atom stereocenters. The van der Waals surface area contributed by atoms with Crippen molar-refractivity contribution in [2.24, 2.45) is 0 Å². The van der Waals surface area contributed by atoms with Gasteiger partial charge in [-0.05, 0) is 41.5 Å². The zero-order valence-electron chi connectivity index (χ0n) is 16.0. The second-order valence-electron chi connectivity index (χ2n) is 6.72. The molecule has 1 atom stereocenters. The molecule has 5 heteroatoms. The number of benzene rings is 2. The molecule has 1 aromatic heterocycles. The number of hydrogen-bond donors (Lipinski definition) is 2. The van der Waals surface area contributed by atoms with Gasteiger partial charge in [0.15, 0.2) is 6.54 Å². The molecular weight excluding hydrogens is 371 g/mol. The van der Waals surface area contributed by atoms with Gasteiger partial charge < -0.3 is 10.6 Å². The van der Waals surface area contributed by atoms with Crippen LogP contribution in [-0.2, 0) is 17.6 Å². The number of rotatable bonds is 9. The first-order valence-corrected chi connectivity index (χ1v) is 10.5. The second kappa shape index (κ2) is 10.2. The zero-order valence-corrected chi connectivity index (χ0v) is 16.8. The van der Waals surface area contributed by atoms with Crippen LogP contribution in [0.1, 0.15) is 34.5 Å². The van der Waals surface area contributed by atoms with E-state index in [4.69, 9.17) is 0 Å². The summed E-state index contributed by atoms with van der Waals surface area (Å²) in [4.78, 5) is 13.5. The number of halogens is 1. The second-order valence-corrected chi connectivity index (χ2v) is 7.70. The third kappa shape index (κ3) is 5.50. The normalized spacial score (nSPS) is 11.9. The van der Waals surface area contributed by atoms with Gasteiger partial charge in [0.05, 0.1) is 4.88 Å². The number of hydrogen-bond acceptors (Lipinski definition) is 2. The molecule has 2 aromatic carbocycles. The number of carbonyl (C=O) groups is 1. The molecule has 0 aliphatic heterocycles. The summed E-state index contributed by atoms with van der Waals surface area (Å²) in [6.45, 7) is 2.90. The molecule has 1 amide bonds. The summed E-state index contributed by atoms with van der Waals surface area (Å²) in [5.41, 5.74) is 3.12. The summed E-state index contributed by atoms with van der Waals surface area (Å²) in [7, 11) is 0. The SMILES string of the molecule is CCc1ccc([C@H]([NH2+]CC(=O)NCCc2ccccc2F)c2cccs2)cc1. The molecule has 0 fully saturated rings. The molecule has 3 N–H and O–H groups in total. The maximum absolute atomic E-state index is 13.6. The van der Waals surface area contributed by atoms with E-state index in [1.807, 2.05) is 12.1 Å². The Labute approximate surface area is 169 Å². The van der Waals surface area contributed by atoms with Crippen LogP contribution < -0.4 is 10.6 Å². The molecule has 0 saturated carbocycles. The van der Waals surface area contributed by atoms with Gasteiger partial charge in [-0.2, -0.15) is 0 Å². The highest BCUT2D eigenvalue weighted by Crippen LogP contribution is 2.23. The Hall–Kier alpha value is -2.50. The van der Waals surface area contributed by atoms with Gasteiger partial charge in [0.2, 0.25) is 0 Å². The van der Waals surface area contributed by atoms with E-state index in [0.29, 0.717) is 25.1 Å². The van der Waals surface area contributed by atoms with Crippen molar-refractivity contribution in [1.82, 2.24) is 5.32 Å². The lowest BCUT2D eigenvalue weighted by Crippen LogP contribution is -2.87. The first-order chi connectivity index (χ1) is 13.7. The van der Waals surface area contributed by atoms with Crippen molar-refractivity contribution in [3.8, 4) is 0 Å². The fraction of sp³-hybridized carbons (Fsp3) is 0.261. The average molecular weight is 398 g/mol. The predicted molar refractivity (Wildman–Crippen MR) is 112 cm³/mol. The molecule has 0 bridgehead atoms. The number of amides is 1. The summed E-state index contributed by atoms with van der Waals surface area (Å²) < 4.78 is 13.6. The number of aryl methyl sites for hydroxylation is 1. The van der Waals surface area contributed by atoms with Crippen LogP contribution in [0.5, 0.6) is 0 Å². The van der Waals surface area contributed by atoms with E-state index in [9.17, 15) is 9.18 Å². The highest BCUT2D eigenvalue weighted by molar-refractivity contribution is 7.10. The summed E-state index contributed by atoms with van der Waals surface area (Å²) in [5.74, 6) is -0.264. The third-order valence-corrected chi connectivity index (χ3v) is 5.77. The van der Waals surface area contributed by atoms with E-state index in [1.165, 1.54) is 22.1 Å². The van der Waals surface area contributed by atoms with Gasteiger partial charge in [-0.3, -0.25) is 4.79 Å². The lowest BCUT2D eigenvalue weighted by atomic mass is 10.0. The van der Waals surface area contributed by atoms with Gasteiger partial charge in [0, 0.05) is 12.1 Å². The fourth-order valence-corrected chi connectivity index (χ4v) is 4.03. The van der Waals surface area contributed by atoms with Crippen LogP contribution in [0.2, 0.25) is 0 Å². The van der Waals surface area contributed by atoms with Crippen LogP contribution >= 0.6 is 11.3 Å². The Bertz CT molecular complexity index is 878. The summed E-state index contributed by atoms with van der Waals surface area (Å²) >= 11 is 1.70. The molecule has 1 heterocycles. The Kier molecular flexibility index (Phi) is 7.34. The number of thiophene rings is 1. The van der Waals surface area contributed by atoms with Crippen LogP contribution in [0, 0.1) is 5.82 Å². The maximum Gasteiger partial charge on any atom is 0.275 e. The minimum Gasteiger partial charge on any atom is -0.351 e. The van der Waals surface area contributed by atoms with Crippen LogP contribution in [0.3, 0.4) is 0 Å². The van der Waals surface area contributed by atoms with Crippen molar-refractivity contribution in [1.29, 1.82) is 0 Å². The molecule has 0 spiro atoms. The van der Waals surface area contributed by atoms with Gasteiger partial charge in [0.25, 0.3) is 5.91 Å². The van der Waals surface area contributed by atoms with E-state index in [0.717, 1.165) is 6.42 Å². The number of carbonyl (C=O) groups excluding carboxylic acids is 1. The summed E-state index contributed by atoms with van der Waals surface area (Å²) in [5, 5.41) is 7.02. The quantitative estimate of drug-likeness (QED) is 0.571. The van der Waals surface area contributed by atoms with Crippen LogP contribution in [0.25, 0.3) is 0 Å². The number of nitrogens with one attached hydrogen (secondary N) is 1. The monoisotopic (exact) mass is 397 g/mol. The number of nitrogens with two attached hydrogens (primary N) is 1. The van der Waals surface area contributed by atoms with Crippen LogP contribution in [0.15, 0.2) is 66.0 Å². The van der Waals surface area contributed by atoms with Crippen molar-refractivity contribution >= 4 is 17.2 Å². The maximum atomic E-state index is 13.6. The van der Waals surface area contributed by atoms with Crippen molar-refractivity contribution in [2.45, 2.75) is 25.8 Å². The first-order valence-electron chi connectivity index (χ1n) is 9.63. The largest absolute Gasteiger partial charge is 0.351 e. The van der Waals surface area contributed by atoms with Crippen molar-refractivity contribution in [3.05, 3.63) is 93.4 Å². The van der Waals surface area contributed by atoms with Gasteiger partial charge in [0.1, 0.15) is 11.9 Å². The molecule has 0 aliphatic carbocycles. The third-order valence-electron chi connectivity index (χ3n) is 4.81. The molecule has 28 heavy (non-hydrogen) atoms. The molecular formula is C23H26FN2OS+. The Morgan fingerprint density at radius 1 is 1.11 bits per heavy atom. The molecule has 3 nitrogen and oxygen atoms in total. The van der Waals surface area contributed by atoms with E-state index >= 15 is 0 Å². The van der Waals surface area contributed by atoms with Crippen LogP contribution in [0.4, 0.5) is 4.39 Å². The highest BCUT2D eigenvalue weighted by atomic mass is 32.1. The van der Waals surface area contributed by atoms with Crippen LogP contribution in [-0.4, -0.2) is 19.0 Å². The molecule has 0 saturated heterocycles. The Balaban J connectivity index is 1.55. The van der Waals surface area contributed by atoms with Gasteiger partial charge in [-0.25, -0.2) is 4.39 Å². The van der Waals surface area contributed by atoms with E-state index in [-0.39, 0.29) is 17.8 Å². The van der Waals surface area contributed by atoms with E-state index < -0.39 is 0 Å². The zero-order chi connectivity index (χ0) is 19.8. The van der Waals surface area contributed by atoms with E-state index in [2.05, 4.69) is 53.3 Å². The molecule has 0 aliphatic rings. The fourth-order valence-electron chi connectivity index (χ4n) is 3.18. The minimum absolute atomic E-state index is 0.0388. The topological polar surface area (TPSA) is 45.7 Å². The average Bonchev–Trinajstić information content (AvgIpc) is 3.24. The van der Waals surface area contributed by atoms with Gasteiger partial charge in [-0.1, -0.05) is 55.5 Å².